The van der Waals surface area contributed by atoms with Crippen LogP contribution in [0.1, 0.15) is 29.2 Å². The maximum absolute atomic E-state index is 12.2. The summed E-state index contributed by atoms with van der Waals surface area (Å²) < 4.78 is 0. The molecule has 3 aromatic carbocycles. The summed E-state index contributed by atoms with van der Waals surface area (Å²) in [5.41, 5.74) is 2.41. The van der Waals surface area contributed by atoms with Crippen molar-refractivity contribution >= 4 is 18.1 Å². The third-order valence-electron chi connectivity index (χ3n) is 4.53. The molecule has 124 valence electrons. The van der Waals surface area contributed by atoms with Crippen LogP contribution in [0.15, 0.2) is 84.9 Å². The summed E-state index contributed by atoms with van der Waals surface area (Å²) in [5.74, 6) is -0.862. The molecule has 0 bridgehead atoms. The maximum atomic E-state index is 12.2. The average Bonchev–Trinajstić information content (AvgIpc) is 2.67. The molecule has 2 nitrogen and oxygen atoms in total. The Balaban J connectivity index is 2.10. The summed E-state index contributed by atoms with van der Waals surface area (Å²) in [4.78, 5) is 12.2. The van der Waals surface area contributed by atoms with E-state index in [1.165, 1.54) is 0 Å². The Kier molecular flexibility index (Phi) is 4.80. The van der Waals surface area contributed by atoms with Gasteiger partial charge in [-0.2, -0.15) is 0 Å². The molecule has 25 heavy (non-hydrogen) atoms. The van der Waals surface area contributed by atoms with Gasteiger partial charge in [0, 0.05) is 0 Å². The van der Waals surface area contributed by atoms with Crippen LogP contribution in [0.4, 0.5) is 0 Å². The summed E-state index contributed by atoms with van der Waals surface area (Å²) in [7, 11) is 0. The van der Waals surface area contributed by atoms with E-state index in [9.17, 15) is 9.90 Å². The molecular weight excluding hydrogens is 308 g/mol. The average molecular weight is 328 g/mol. The molecule has 0 aliphatic heterocycles. The second-order valence-corrected chi connectivity index (χ2v) is 6.13. The SMILES string of the molecule is CC(C(=O)O)(c1ccccc1)c1ccccc1/C=C/c1ccccc1. The molecule has 0 aliphatic rings. The van der Waals surface area contributed by atoms with Gasteiger partial charge in [-0.1, -0.05) is 97.1 Å². The fourth-order valence-electron chi connectivity index (χ4n) is 3.01. The second-order valence-electron chi connectivity index (χ2n) is 6.13. The molecule has 3 rings (SSSR count). The molecule has 0 amide bonds. The zero-order valence-electron chi connectivity index (χ0n) is 14.1. The molecule has 1 atom stereocenters. The Labute approximate surface area is 148 Å². The van der Waals surface area contributed by atoms with Crippen LogP contribution in [0.3, 0.4) is 0 Å². The number of hydrogen-bond acceptors (Lipinski definition) is 1. The van der Waals surface area contributed by atoms with E-state index in [-0.39, 0.29) is 0 Å². The second kappa shape index (κ2) is 7.18. The minimum absolute atomic E-state index is 0.767. The molecule has 0 spiro atoms. The largest absolute Gasteiger partial charge is 0.480 e. The minimum atomic E-state index is -1.11. The summed E-state index contributed by atoms with van der Waals surface area (Å²) >= 11 is 0. The first-order chi connectivity index (χ1) is 12.1. The van der Waals surface area contributed by atoms with Crippen LogP contribution < -0.4 is 0 Å². The summed E-state index contributed by atoms with van der Waals surface area (Å²) in [6, 6.07) is 27.0. The van der Waals surface area contributed by atoms with Gasteiger partial charge in [0.2, 0.25) is 0 Å². The lowest BCUT2D eigenvalue weighted by molar-refractivity contribution is -0.141. The summed E-state index contributed by atoms with van der Waals surface area (Å²) in [5, 5.41) is 10.0. The topological polar surface area (TPSA) is 37.3 Å². The van der Waals surface area contributed by atoms with Crippen LogP contribution in [0, 0.1) is 0 Å². The lowest BCUT2D eigenvalue weighted by Gasteiger charge is -2.27. The van der Waals surface area contributed by atoms with E-state index in [1.807, 2.05) is 97.1 Å². The number of rotatable bonds is 5. The molecule has 0 fully saturated rings. The van der Waals surface area contributed by atoms with Crippen LogP contribution in [0.2, 0.25) is 0 Å². The Morgan fingerprint density at radius 3 is 2.00 bits per heavy atom. The van der Waals surface area contributed by atoms with Gasteiger partial charge >= 0.3 is 5.97 Å². The van der Waals surface area contributed by atoms with Crippen molar-refractivity contribution in [1.29, 1.82) is 0 Å². The van der Waals surface area contributed by atoms with Crippen LogP contribution in [-0.2, 0) is 10.2 Å². The van der Waals surface area contributed by atoms with Gasteiger partial charge < -0.3 is 5.11 Å². The molecule has 2 heteroatoms. The molecule has 0 saturated carbocycles. The number of benzene rings is 3. The molecule has 1 N–H and O–H groups in total. The number of aliphatic carboxylic acids is 1. The first-order valence-electron chi connectivity index (χ1n) is 8.24. The zero-order chi connectivity index (χ0) is 17.7. The van der Waals surface area contributed by atoms with Crippen LogP contribution >= 0.6 is 0 Å². The molecule has 1 unspecified atom stereocenters. The Morgan fingerprint density at radius 1 is 0.800 bits per heavy atom. The van der Waals surface area contributed by atoms with Crippen LogP contribution in [0.5, 0.6) is 0 Å². The lowest BCUT2D eigenvalue weighted by Crippen LogP contribution is -2.34. The van der Waals surface area contributed by atoms with Crippen LogP contribution in [0.25, 0.3) is 12.2 Å². The van der Waals surface area contributed by atoms with E-state index < -0.39 is 11.4 Å². The van der Waals surface area contributed by atoms with Gasteiger partial charge in [0.25, 0.3) is 0 Å². The molecule has 3 aromatic rings. The highest BCUT2D eigenvalue weighted by atomic mass is 16.4. The highest BCUT2D eigenvalue weighted by Crippen LogP contribution is 2.35. The van der Waals surface area contributed by atoms with Gasteiger partial charge in [0.1, 0.15) is 5.41 Å². The number of hydrogen-bond donors (Lipinski definition) is 1. The van der Waals surface area contributed by atoms with Gasteiger partial charge in [-0.15, -0.1) is 0 Å². The lowest BCUT2D eigenvalue weighted by atomic mass is 9.74. The smallest absolute Gasteiger partial charge is 0.318 e. The van der Waals surface area contributed by atoms with E-state index >= 15 is 0 Å². The molecule has 0 radical (unpaired) electrons. The fraction of sp³-hybridized carbons (Fsp3) is 0.0870. The third kappa shape index (κ3) is 3.38. The quantitative estimate of drug-likeness (QED) is 0.650. The van der Waals surface area contributed by atoms with E-state index in [2.05, 4.69) is 0 Å². The number of carboxylic acid groups (broad SMARTS) is 1. The van der Waals surface area contributed by atoms with Gasteiger partial charge in [0.15, 0.2) is 0 Å². The van der Waals surface area contributed by atoms with Gasteiger partial charge in [0.05, 0.1) is 0 Å². The Hall–Kier alpha value is -3.13. The van der Waals surface area contributed by atoms with Crippen molar-refractivity contribution in [3.8, 4) is 0 Å². The minimum Gasteiger partial charge on any atom is -0.480 e. The fourth-order valence-corrected chi connectivity index (χ4v) is 3.01. The normalized spacial score (nSPS) is 13.5. The number of carbonyl (C=O) groups is 1. The van der Waals surface area contributed by atoms with Crippen molar-refractivity contribution in [2.24, 2.45) is 0 Å². The van der Waals surface area contributed by atoms with Crippen molar-refractivity contribution < 1.29 is 9.90 Å². The van der Waals surface area contributed by atoms with Gasteiger partial charge in [-0.3, -0.25) is 4.79 Å². The van der Waals surface area contributed by atoms with E-state index in [4.69, 9.17) is 0 Å². The van der Waals surface area contributed by atoms with Gasteiger partial charge in [-0.05, 0) is 29.2 Å². The summed E-state index contributed by atoms with van der Waals surface area (Å²) in [6.45, 7) is 1.76. The molecular formula is C23H20O2. The van der Waals surface area contributed by atoms with Crippen molar-refractivity contribution in [3.05, 3.63) is 107 Å². The standard InChI is InChI=1S/C23H20O2/c1-23(22(24)25,20-13-6-3-7-14-20)21-15-9-8-12-19(21)17-16-18-10-4-2-5-11-18/h2-17H,1H3,(H,24,25)/b17-16+. The monoisotopic (exact) mass is 328 g/mol. The number of carboxylic acids is 1. The molecule has 0 saturated heterocycles. The van der Waals surface area contributed by atoms with E-state index in [0.29, 0.717) is 0 Å². The van der Waals surface area contributed by atoms with Gasteiger partial charge in [-0.25, -0.2) is 0 Å². The van der Waals surface area contributed by atoms with Crippen molar-refractivity contribution in [1.82, 2.24) is 0 Å². The van der Waals surface area contributed by atoms with Crippen molar-refractivity contribution in [2.75, 3.05) is 0 Å². The molecule has 0 aromatic heterocycles. The zero-order valence-corrected chi connectivity index (χ0v) is 14.1. The van der Waals surface area contributed by atoms with Crippen LogP contribution in [-0.4, -0.2) is 11.1 Å². The predicted octanol–water partition coefficient (Wildman–Crippen LogP) is 5.25. The third-order valence-corrected chi connectivity index (χ3v) is 4.53. The maximum Gasteiger partial charge on any atom is 0.318 e. The first kappa shape index (κ1) is 16.7. The molecule has 0 aliphatic carbocycles. The highest BCUT2D eigenvalue weighted by molar-refractivity contribution is 5.88. The Bertz CT molecular complexity index is 882. The van der Waals surface area contributed by atoms with E-state index in [1.54, 1.807) is 6.92 Å². The summed E-state index contributed by atoms with van der Waals surface area (Å²) in [6.07, 6.45) is 3.99. The van der Waals surface area contributed by atoms with Crippen molar-refractivity contribution in [3.63, 3.8) is 0 Å². The Morgan fingerprint density at radius 2 is 1.36 bits per heavy atom. The predicted molar refractivity (Wildman–Crippen MR) is 102 cm³/mol. The van der Waals surface area contributed by atoms with E-state index in [0.717, 1.165) is 22.3 Å². The highest BCUT2D eigenvalue weighted by Gasteiger charge is 2.38. The molecule has 0 heterocycles. The van der Waals surface area contributed by atoms with Crippen molar-refractivity contribution in [2.45, 2.75) is 12.3 Å². The first-order valence-corrected chi connectivity index (χ1v) is 8.24.